The molecule has 0 bridgehead atoms. The highest BCUT2D eigenvalue weighted by Crippen LogP contribution is 2.33. The lowest BCUT2D eigenvalue weighted by Gasteiger charge is -2.12. The minimum atomic E-state index is -0.169. The average Bonchev–Trinajstić information content (AvgIpc) is 2.68. The van der Waals surface area contributed by atoms with Crippen molar-refractivity contribution >= 4 is 11.8 Å². The SMILES string of the molecule is Cc1nnc(S[C@@H]2CCC[C@H]2O)n1C. The van der Waals surface area contributed by atoms with Gasteiger partial charge in [-0.05, 0) is 26.2 Å². The molecule has 0 saturated heterocycles. The maximum Gasteiger partial charge on any atom is 0.191 e. The first kappa shape index (κ1) is 9.98. The van der Waals surface area contributed by atoms with E-state index in [1.165, 1.54) is 0 Å². The summed E-state index contributed by atoms with van der Waals surface area (Å²) in [5.41, 5.74) is 0. The summed E-state index contributed by atoms with van der Waals surface area (Å²) in [6.07, 6.45) is 2.96. The van der Waals surface area contributed by atoms with Gasteiger partial charge < -0.3 is 9.67 Å². The molecule has 0 aliphatic heterocycles. The van der Waals surface area contributed by atoms with Crippen molar-refractivity contribution in [2.45, 2.75) is 42.7 Å². The number of aliphatic hydroxyl groups is 1. The van der Waals surface area contributed by atoms with E-state index >= 15 is 0 Å². The number of aromatic nitrogens is 3. The topological polar surface area (TPSA) is 50.9 Å². The van der Waals surface area contributed by atoms with Gasteiger partial charge in [0, 0.05) is 12.3 Å². The van der Waals surface area contributed by atoms with Crippen LogP contribution in [-0.2, 0) is 7.05 Å². The Labute approximate surface area is 87.7 Å². The average molecular weight is 213 g/mol. The zero-order valence-corrected chi connectivity index (χ0v) is 9.29. The molecular formula is C9H15N3OS. The van der Waals surface area contributed by atoms with Crippen molar-refractivity contribution in [2.75, 3.05) is 0 Å². The Hall–Kier alpha value is -0.550. The van der Waals surface area contributed by atoms with Crippen molar-refractivity contribution in [1.82, 2.24) is 14.8 Å². The number of aliphatic hydroxyl groups excluding tert-OH is 1. The first-order valence-electron chi connectivity index (χ1n) is 4.89. The molecule has 1 aromatic rings. The van der Waals surface area contributed by atoms with Gasteiger partial charge in [-0.15, -0.1) is 10.2 Å². The molecule has 1 saturated carbocycles. The molecule has 2 atom stereocenters. The highest BCUT2D eigenvalue weighted by Gasteiger charge is 2.27. The van der Waals surface area contributed by atoms with Gasteiger partial charge in [0.05, 0.1) is 6.10 Å². The predicted octanol–water partition coefficient (Wildman–Crippen LogP) is 1.13. The Morgan fingerprint density at radius 2 is 2.21 bits per heavy atom. The summed E-state index contributed by atoms with van der Waals surface area (Å²) in [5, 5.41) is 19.0. The smallest absolute Gasteiger partial charge is 0.191 e. The van der Waals surface area contributed by atoms with Crippen LogP contribution in [0.2, 0.25) is 0 Å². The molecule has 78 valence electrons. The van der Waals surface area contributed by atoms with Gasteiger partial charge in [-0.25, -0.2) is 0 Å². The lowest BCUT2D eigenvalue weighted by atomic mass is 10.3. The second-order valence-electron chi connectivity index (χ2n) is 3.74. The lowest BCUT2D eigenvalue weighted by molar-refractivity contribution is 0.188. The number of nitrogens with zero attached hydrogens (tertiary/aromatic N) is 3. The van der Waals surface area contributed by atoms with E-state index < -0.39 is 0 Å². The molecule has 1 aliphatic carbocycles. The molecule has 2 rings (SSSR count). The Morgan fingerprint density at radius 3 is 2.71 bits per heavy atom. The number of thioether (sulfide) groups is 1. The van der Waals surface area contributed by atoms with E-state index in [4.69, 9.17) is 0 Å². The van der Waals surface area contributed by atoms with Crippen LogP contribution in [0.3, 0.4) is 0 Å². The summed E-state index contributed by atoms with van der Waals surface area (Å²) < 4.78 is 1.97. The standard InChI is InChI=1S/C9H15N3OS/c1-6-10-11-9(12(6)2)14-8-5-3-4-7(8)13/h7-8,13H,3-5H2,1-2H3/t7-,8-/m1/s1. The third kappa shape index (κ3) is 1.79. The minimum absolute atomic E-state index is 0.169. The quantitative estimate of drug-likeness (QED) is 0.800. The molecule has 5 heteroatoms. The molecule has 0 spiro atoms. The Bertz CT molecular complexity index is 326. The molecule has 14 heavy (non-hydrogen) atoms. The number of hydrogen-bond acceptors (Lipinski definition) is 4. The number of rotatable bonds is 2. The maximum atomic E-state index is 9.67. The second kappa shape index (κ2) is 3.90. The van der Waals surface area contributed by atoms with E-state index in [0.717, 1.165) is 30.2 Å². The normalized spacial score (nSPS) is 27.1. The minimum Gasteiger partial charge on any atom is -0.392 e. The molecule has 1 aromatic heterocycles. The van der Waals surface area contributed by atoms with Crippen molar-refractivity contribution in [3.63, 3.8) is 0 Å². The van der Waals surface area contributed by atoms with Crippen LogP contribution in [-0.4, -0.2) is 31.2 Å². The zero-order chi connectivity index (χ0) is 10.1. The summed E-state index contributed by atoms with van der Waals surface area (Å²) in [6.45, 7) is 1.93. The van der Waals surface area contributed by atoms with E-state index in [-0.39, 0.29) is 6.10 Å². The van der Waals surface area contributed by atoms with Gasteiger partial charge in [-0.3, -0.25) is 0 Å². The van der Waals surface area contributed by atoms with Crippen LogP contribution in [0.25, 0.3) is 0 Å². The van der Waals surface area contributed by atoms with Gasteiger partial charge in [0.15, 0.2) is 5.16 Å². The van der Waals surface area contributed by atoms with E-state index in [1.807, 2.05) is 18.5 Å². The molecule has 1 N–H and O–H groups in total. The summed E-state index contributed by atoms with van der Waals surface area (Å²) >= 11 is 1.65. The summed E-state index contributed by atoms with van der Waals surface area (Å²) in [6, 6.07) is 0. The van der Waals surface area contributed by atoms with Crippen LogP contribution < -0.4 is 0 Å². The Kier molecular flexibility index (Phi) is 2.78. The van der Waals surface area contributed by atoms with Crippen LogP contribution in [0.4, 0.5) is 0 Å². The highest BCUT2D eigenvalue weighted by molar-refractivity contribution is 7.99. The van der Waals surface area contributed by atoms with Crippen LogP contribution in [0.1, 0.15) is 25.1 Å². The fourth-order valence-electron chi connectivity index (χ4n) is 1.67. The van der Waals surface area contributed by atoms with Crippen LogP contribution >= 0.6 is 11.8 Å². The van der Waals surface area contributed by atoms with Gasteiger partial charge in [0.25, 0.3) is 0 Å². The molecule has 1 heterocycles. The second-order valence-corrected chi connectivity index (χ2v) is 4.95. The van der Waals surface area contributed by atoms with Crippen molar-refractivity contribution < 1.29 is 5.11 Å². The summed E-state index contributed by atoms with van der Waals surface area (Å²) in [4.78, 5) is 0. The highest BCUT2D eigenvalue weighted by atomic mass is 32.2. The molecule has 1 aliphatic rings. The summed E-state index contributed by atoms with van der Waals surface area (Å²) in [7, 11) is 1.96. The van der Waals surface area contributed by atoms with Gasteiger partial charge in [-0.2, -0.15) is 0 Å². The molecule has 4 nitrogen and oxygen atoms in total. The molecule has 0 radical (unpaired) electrons. The molecule has 1 fully saturated rings. The largest absolute Gasteiger partial charge is 0.392 e. The first-order chi connectivity index (χ1) is 6.68. The van der Waals surface area contributed by atoms with Crippen LogP contribution in [0.5, 0.6) is 0 Å². The van der Waals surface area contributed by atoms with Crippen molar-refractivity contribution in [1.29, 1.82) is 0 Å². The summed E-state index contributed by atoms with van der Waals surface area (Å²) in [5.74, 6) is 0.917. The molecule has 0 aromatic carbocycles. The fourth-order valence-corrected chi connectivity index (χ4v) is 2.90. The third-order valence-corrected chi connectivity index (χ3v) is 4.15. The third-order valence-electron chi connectivity index (χ3n) is 2.73. The van der Waals surface area contributed by atoms with Gasteiger partial charge >= 0.3 is 0 Å². The molecule has 0 amide bonds. The van der Waals surface area contributed by atoms with E-state index in [2.05, 4.69) is 10.2 Å². The lowest BCUT2D eigenvalue weighted by Crippen LogP contribution is -2.15. The monoisotopic (exact) mass is 213 g/mol. The van der Waals surface area contributed by atoms with Crippen molar-refractivity contribution in [3.05, 3.63) is 5.82 Å². The van der Waals surface area contributed by atoms with Crippen molar-refractivity contribution in [2.24, 2.45) is 7.05 Å². The first-order valence-corrected chi connectivity index (χ1v) is 5.77. The number of aryl methyl sites for hydroxylation is 1. The molecule has 0 unspecified atom stereocenters. The van der Waals surface area contributed by atoms with Crippen LogP contribution in [0.15, 0.2) is 5.16 Å². The van der Waals surface area contributed by atoms with Gasteiger partial charge in [-0.1, -0.05) is 11.8 Å². The van der Waals surface area contributed by atoms with Crippen molar-refractivity contribution in [3.8, 4) is 0 Å². The van der Waals surface area contributed by atoms with E-state index in [1.54, 1.807) is 11.8 Å². The molecular weight excluding hydrogens is 198 g/mol. The van der Waals surface area contributed by atoms with Gasteiger partial charge in [0.1, 0.15) is 5.82 Å². The van der Waals surface area contributed by atoms with Gasteiger partial charge in [0.2, 0.25) is 0 Å². The van der Waals surface area contributed by atoms with E-state index in [9.17, 15) is 5.11 Å². The Morgan fingerprint density at radius 1 is 1.43 bits per heavy atom. The number of hydrogen-bond donors (Lipinski definition) is 1. The van der Waals surface area contributed by atoms with E-state index in [0.29, 0.717) is 5.25 Å². The predicted molar refractivity (Wildman–Crippen MR) is 55.2 cm³/mol. The Balaban J connectivity index is 2.07. The van der Waals surface area contributed by atoms with Crippen LogP contribution in [0, 0.1) is 6.92 Å². The zero-order valence-electron chi connectivity index (χ0n) is 8.47. The maximum absolute atomic E-state index is 9.67. The fraction of sp³-hybridized carbons (Fsp3) is 0.778.